The summed E-state index contributed by atoms with van der Waals surface area (Å²) in [6.45, 7) is 4.19. The highest BCUT2D eigenvalue weighted by molar-refractivity contribution is 5.94. The van der Waals surface area contributed by atoms with Crippen LogP contribution in [0.15, 0.2) is 24.3 Å². The maximum absolute atomic E-state index is 14.7. The summed E-state index contributed by atoms with van der Waals surface area (Å²) in [7, 11) is 0. The van der Waals surface area contributed by atoms with Gasteiger partial charge in [0.1, 0.15) is 5.82 Å². The van der Waals surface area contributed by atoms with Gasteiger partial charge in [-0.1, -0.05) is 6.07 Å². The second-order valence-electron chi connectivity index (χ2n) is 6.08. The fourth-order valence-electron chi connectivity index (χ4n) is 3.10. The molecule has 1 heterocycles. The number of hydrogen-bond acceptors (Lipinski definition) is 3. The van der Waals surface area contributed by atoms with Gasteiger partial charge >= 0.3 is 0 Å². The van der Waals surface area contributed by atoms with Gasteiger partial charge in [-0.3, -0.25) is 4.79 Å². The fourth-order valence-corrected chi connectivity index (χ4v) is 3.10. The second kappa shape index (κ2) is 6.11. The number of rotatable bonds is 2. The van der Waals surface area contributed by atoms with Gasteiger partial charge in [0, 0.05) is 20.0 Å². The topological polar surface area (TPSA) is 58.4 Å². The Morgan fingerprint density at radius 2 is 2.00 bits per heavy atom. The largest absolute Gasteiger partial charge is 0.395 e. The van der Waals surface area contributed by atoms with Crippen molar-refractivity contribution in [2.75, 3.05) is 22.5 Å². The van der Waals surface area contributed by atoms with Crippen LogP contribution >= 0.6 is 0 Å². The minimum absolute atomic E-state index is 0.0647. The van der Waals surface area contributed by atoms with Gasteiger partial charge in [-0.25, -0.2) is 8.78 Å². The summed E-state index contributed by atoms with van der Waals surface area (Å²) in [6.07, 6.45) is 0.638. The van der Waals surface area contributed by atoms with E-state index in [1.54, 1.807) is 19.1 Å². The van der Waals surface area contributed by atoms with Gasteiger partial charge in [0.25, 0.3) is 0 Å². The summed E-state index contributed by atoms with van der Waals surface area (Å²) in [4.78, 5) is 13.1. The number of hydrogen-bond donors (Lipinski definition) is 2. The van der Waals surface area contributed by atoms with Crippen LogP contribution in [0.3, 0.4) is 0 Å². The molecule has 0 bridgehead atoms. The zero-order valence-electron chi connectivity index (χ0n) is 13.6. The molecule has 2 aromatic carbocycles. The zero-order chi connectivity index (χ0) is 17.4. The maximum atomic E-state index is 14.7. The average Bonchev–Trinajstić information content (AvgIpc) is 2.54. The van der Waals surface area contributed by atoms with Crippen LogP contribution < -0.4 is 16.0 Å². The number of carbonyl (C=O) groups is 1. The first-order chi connectivity index (χ1) is 11.4. The lowest BCUT2D eigenvalue weighted by Gasteiger charge is -2.32. The quantitative estimate of drug-likeness (QED) is 0.830. The third-order valence-corrected chi connectivity index (χ3v) is 4.30. The van der Waals surface area contributed by atoms with Crippen molar-refractivity contribution in [3.63, 3.8) is 0 Å². The molecule has 126 valence electrons. The van der Waals surface area contributed by atoms with Crippen molar-refractivity contribution < 1.29 is 13.6 Å². The average molecular weight is 331 g/mol. The molecular weight excluding hydrogens is 312 g/mol. The SMILES string of the molecule is CC(=O)Nc1c(C)cc(N2CCc3cc(F)ccc3C2)c(F)c1N. The van der Waals surface area contributed by atoms with Crippen LogP contribution in [-0.4, -0.2) is 12.5 Å². The third-order valence-electron chi connectivity index (χ3n) is 4.30. The zero-order valence-corrected chi connectivity index (χ0v) is 13.6. The minimum Gasteiger partial charge on any atom is -0.395 e. The van der Waals surface area contributed by atoms with Crippen molar-refractivity contribution in [2.45, 2.75) is 26.8 Å². The normalized spacial score (nSPS) is 13.6. The highest BCUT2D eigenvalue weighted by Crippen LogP contribution is 2.36. The smallest absolute Gasteiger partial charge is 0.221 e. The summed E-state index contributed by atoms with van der Waals surface area (Å²) < 4.78 is 28.0. The molecule has 4 nitrogen and oxygen atoms in total. The van der Waals surface area contributed by atoms with E-state index >= 15 is 0 Å². The van der Waals surface area contributed by atoms with Crippen molar-refractivity contribution in [1.82, 2.24) is 0 Å². The molecule has 0 unspecified atom stereocenters. The lowest BCUT2D eigenvalue weighted by molar-refractivity contribution is -0.114. The fraction of sp³-hybridized carbons (Fsp3) is 0.278. The highest BCUT2D eigenvalue weighted by atomic mass is 19.1. The van der Waals surface area contributed by atoms with E-state index < -0.39 is 5.82 Å². The number of halogens is 2. The van der Waals surface area contributed by atoms with E-state index in [2.05, 4.69) is 5.32 Å². The molecular formula is C18H19F2N3O. The molecule has 24 heavy (non-hydrogen) atoms. The summed E-state index contributed by atoms with van der Waals surface area (Å²) >= 11 is 0. The van der Waals surface area contributed by atoms with E-state index in [-0.39, 0.29) is 17.4 Å². The second-order valence-corrected chi connectivity index (χ2v) is 6.08. The van der Waals surface area contributed by atoms with Crippen LogP contribution in [0.2, 0.25) is 0 Å². The number of nitrogens with zero attached hydrogens (tertiary/aromatic N) is 1. The minimum atomic E-state index is -0.546. The monoisotopic (exact) mass is 331 g/mol. The third kappa shape index (κ3) is 2.91. The van der Waals surface area contributed by atoms with Crippen LogP contribution in [0.1, 0.15) is 23.6 Å². The van der Waals surface area contributed by atoms with Gasteiger partial charge in [0.15, 0.2) is 5.82 Å². The predicted octanol–water partition coefficient (Wildman–Crippen LogP) is 3.38. The first kappa shape index (κ1) is 16.2. The Hall–Kier alpha value is -2.63. The number of fused-ring (bicyclic) bond motifs is 1. The first-order valence-corrected chi connectivity index (χ1v) is 7.75. The Balaban J connectivity index is 1.96. The van der Waals surface area contributed by atoms with Crippen LogP contribution in [-0.2, 0) is 17.8 Å². The number of carbonyl (C=O) groups excluding carboxylic acids is 1. The molecule has 1 amide bonds. The Bertz CT molecular complexity index is 820. The number of nitrogens with one attached hydrogen (secondary N) is 1. The number of anilines is 3. The summed E-state index contributed by atoms with van der Waals surface area (Å²) in [6, 6.07) is 6.36. The van der Waals surface area contributed by atoms with E-state index in [4.69, 9.17) is 5.73 Å². The molecule has 1 aliphatic rings. The van der Waals surface area contributed by atoms with Gasteiger partial charge in [-0.2, -0.15) is 0 Å². The Morgan fingerprint density at radius 1 is 1.25 bits per heavy atom. The Labute approximate surface area is 139 Å². The van der Waals surface area contributed by atoms with Crippen LogP contribution in [0.25, 0.3) is 0 Å². The van der Waals surface area contributed by atoms with Crippen molar-refractivity contribution in [3.8, 4) is 0 Å². The van der Waals surface area contributed by atoms with Gasteiger partial charge in [-0.05, 0) is 48.2 Å². The number of amides is 1. The van der Waals surface area contributed by atoms with Crippen molar-refractivity contribution in [2.24, 2.45) is 0 Å². The van der Waals surface area contributed by atoms with E-state index in [1.807, 2.05) is 4.90 Å². The van der Waals surface area contributed by atoms with Gasteiger partial charge in [0.05, 0.1) is 17.1 Å². The van der Waals surface area contributed by atoms with Crippen LogP contribution in [0.5, 0.6) is 0 Å². The molecule has 3 rings (SSSR count). The Morgan fingerprint density at radius 3 is 2.71 bits per heavy atom. The molecule has 0 atom stereocenters. The lowest BCUT2D eigenvalue weighted by Crippen LogP contribution is -2.31. The van der Waals surface area contributed by atoms with Gasteiger partial charge in [0.2, 0.25) is 5.91 Å². The summed E-state index contributed by atoms with van der Waals surface area (Å²) in [5.74, 6) is -1.10. The number of aryl methyl sites for hydroxylation is 1. The molecule has 1 aliphatic heterocycles. The lowest BCUT2D eigenvalue weighted by atomic mass is 9.98. The number of nitrogens with two attached hydrogens (primary N) is 1. The molecule has 0 saturated carbocycles. The molecule has 2 aromatic rings. The maximum Gasteiger partial charge on any atom is 0.221 e. The van der Waals surface area contributed by atoms with Crippen molar-refractivity contribution >= 4 is 23.0 Å². The molecule has 0 saturated heterocycles. The van der Waals surface area contributed by atoms with Gasteiger partial charge in [-0.15, -0.1) is 0 Å². The molecule has 0 fully saturated rings. The Kier molecular flexibility index (Phi) is 4.13. The van der Waals surface area contributed by atoms with E-state index in [0.29, 0.717) is 36.4 Å². The molecule has 0 spiro atoms. The summed E-state index contributed by atoms with van der Waals surface area (Å²) in [5, 5.41) is 2.57. The highest BCUT2D eigenvalue weighted by Gasteiger charge is 2.23. The standard InChI is InChI=1S/C18H19F2N3O/c1-10-7-15(16(20)17(21)18(10)22-11(2)24)23-6-5-12-8-14(19)4-3-13(12)9-23/h3-4,7-8H,5-6,9,21H2,1-2H3,(H,22,24). The van der Waals surface area contributed by atoms with E-state index in [9.17, 15) is 13.6 Å². The molecule has 3 N–H and O–H groups in total. The molecule has 6 heteroatoms. The van der Waals surface area contributed by atoms with Crippen LogP contribution in [0.4, 0.5) is 25.8 Å². The van der Waals surface area contributed by atoms with E-state index in [1.165, 1.54) is 19.1 Å². The predicted molar refractivity (Wildman–Crippen MR) is 91.0 cm³/mol. The number of nitrogen functional groups attached to an aromatic ring is 1. The van der Waals surface area contributed by atoms with Crippen molar-refractivity contribution in [1.29, 1.82) is 0 Å². The molecule has 0 radical (unpaired) electrons. The molecule has 0 aromatic heterocycles. The summed E-state index contributed by atoms with van der Waals surface area (Å²) in [5.41, 5.74) is 9.15. The number of benzene rings is 2. The van der Waals surface area contributed by atoms with Gasteiger partial charge < -0.3 is 16.0 Å². The van der Waals surface area contributed by atoms with Crippen LogP contribution in [0, 0.1) is 18.6 Å². The van der Waals surface area contributed by atoms with E-state index in [0.717, 1.165) is 11.1 Å². The first-order valence-electron chi connectivity index (χ1n) is 7.75. The van der Waals surface area contributed by atoms with Crippen molar-refractivity contribution in [3.05, 3.63) is 52.6 Å². The molecule has 0 aliphatic carbocycles.